The number of hydrogen-bond acceptors (Lipinski definition) is 3. The Kier molecular flexibility index (Phi) is 4.87. The molecule has 0 aliphatic carbocycles. The first-order valence-corrected chi connectivity index (χ1v) is 10.1. The third-order valence-corrected chi connectivity index (χ3v) is 5.90. The van der Waals surface area contributed by atoms with Crippen molar-refractivity contribution in [2.45, 2.75) is 31.8 Å². The summed E-state index contributed by atoms with van der Waals surface area (Å²) < 4.78 is 45.9. The maximum Gasteiger partial charge on any atom is 0.416 e. The Morgan fingerprint density at radius 1 is 1.03 bits per heavy atom. The minimum atomic E-state index is -4.41. The number of para-hydroxylation sites is 1. The van der Waals surface area contributed by atoms with Gasteiger partial charge in [-0.3, -0.25) is 4.90 Å². The van der Waals surface area contributed by atoms with Crippen molar-refractivity contribution in [3.63, 3.8) is 0 Å². The van der Waals surface area contributed by atoms with Crippen LogP contribution in [0.5, 0.6) is 0 Å². The van der Waals surface area contributed by atoms with Gasteiger partial charge >= 0.3 is 6.18 Å². The van der Waals surface area contributed by atoms with Crippen molar-refractivity contribution in [1.82, 2.24) is 9.88 Å². The standard InChI is InChI=1S/C24H21F3N2O2/c25-24(26,27)16-5-3-4-15(12-16)23-22-20(19-6-1-2-7-21(19)28-22)10-11-29(23)13-17-8-9-18(14-30)31-17/h1-9,12,23,28,30H,10-11,13-14H2/t23-/m0/s1. The summed E-state index contributed by atoms with van der Waals surface area (Å²) in [4.78, 5) is 5.58. The van der Waals surface area contributed by atoms with Gasteiger partial charge in [-0.15, -0.1) is 0 Å². The highest BCUT2D eigenvalue weighted by Crippen LogP contribution is 2.40. The second-order valence-corrected chi connectivity index (χ2v) is 7.84. The number of aliphatic hydroxyl groups is 1. The number of aliphatic hydroxyl groups excluding tert-OH is 1. The van der Waals surface area contributed by atoms with Crippen LogP contribution in [0.2, 0.25) is 0 Å². The Balaban J connectivity index is 1.62. The van der Waals surface area contributed by atoms with E-state index in [0.717, 1.165) is 34.6 Å². The summed E-state index contributed by atoms with van der Waals surface area (Å²) in [5.74, 6) is 1.13. The van der Waals surface area contributed by atoms with E-state index in [9.17, 15) is 18.3 Å². The number of aromatic amines is 1. The molecular weight excluding hydrogens is 405 g/mol. The van der Waals surface area contributed by atoms with Gasteiger partial charge in [-0.2, -0.15) is 13.2 Å². The zero-order valence-electron chi connectivity index (χ0n) is 16.6. The average Bonchev–Trinajstić information content (AvgIpc) is 3.37. The summed E-state index contributed by atoms with van der Waals surface area (Å²) in [5.41, 5.74) is 2.96. The smallest absolute Gasteiger partial charge is 0.416 e. The zero-order valence-corrected chi connectivity index (χ0v) is 16.6. The van der Waals surface area contributed by atoms with Crippen LogP contribution >= 0.6 is 0 Å². The Bertz CT molecular complexity index is 1230. The van der Waals surface area contributed by atoms with Crippen molar-refractivity contribution in [3.05, 3.63) is 94.6 Å². The molecule has 2 N–H and O–H groups in total. The van der Waals surface area contributed by atoms with E-state index in [4.69, 9.17) is 4.42 Å². The monoisotopic (exact) mass is 426 g/mol. The minimum Gasteiger partial charge on any atom is -0.462 e. The van der Waals surface area contributed by atoms with Crippen molar-refractivity contribution >= 4 is 10.9 Å². The van der Waals surface area contributed by atoms with E-state index in [1.54, 1.807) is 18.2 Å². The molecule has 0 fully saturated rings. The number of hydrogen-bond donors (Lipinski definition) is 2. The van der Waals surface area contributed by atoms with Gasteiger partial charge in [-0.05, 0) is 47.9 Å². The first-order chi connectivity index (χ1) is 14.9. The molecule has 0 bridgehead atoms. The van der Waals surface area contributed by atoms with Crippen molar-refractivity contribution < 1.29 is 22.7 Å². The highest BCUT2D eigenvalue weighted by Gasteiger charge is 2.35. The number of nitrogens with one attached hydrogen (secondary N) is 1. The minimum absolute atomic E-state index is 0.191. The van der Waals surface area contributed by atoms with E-state index in [2.05, 4.69) is 9.88 Å². The van der Waals surface area contributed by atoms with Gasteiger partial charge in [-0.25, -0.2) is 0 Å². The molecule has 0 saturated carbocycles. The van der Waals surface area contributed by atoms with Gasteiger partial charge < -0.3 is 14.5 Å². The number of aromatic nitrogens is 1. The van der Waals surface area contributed by atoms with Gasteiger partial charge in [0.2, 0.25) is 0 Å². The summed E-state index contributed by atoms with van der Waals surface area (Å²) in [6, 6.07) is 16.6. The van der Waals surface area contributed by atoms with E-state index >= 15 is 0 Å². The van der Waals surface area contributed by atoms with Crippen molar-refractivity contribution in [2.75, 3.05) is 6.54 Å². The summed E-state index contributed by atoms with van der Waals surface area (Å²) in [6.45, 7) is 0.907. The van der Waals surface area contributed by atoms with Crippen LogP contribution in [-0.2, 0) is 25.7 Å². The largest absolute Gasteiger partial charge is 0.462 e. The lowest BCUT2D eigenvalue weighted by atomic mass is 9.91. The Morgan fingerprint density at radius 2 is 1.84 bits per heavy atom. The molecule has 5 rings (SSSR count). The molecule has 160 valence electrons. The van der Waals surface area contributed by atoms with Crippen LogP contribution < -0.4 is 0 Å². The van der Waals surface area contributed by atoms with E-state index in [-0.39, 0.29) is 12.6 Å². The van der Waals surface area contributed by atoms with Gasteiger partial charge in [0.15, 0.2) is 0 Å². The molecule has 0 radical (unpaired) electrons. The van der Waals surface area contributed by atoms with Crippen molar-refractivity contribution in [3.8, 4) is 0 Å². The Hall–Kier alpha value is -3.03. The average molecular weight is 426 g/mol. The van der Waals surface area contributed by atoms with Crippen LogP contribution in [0.15, 0.2) is 65.1 Å². The van der Waals surface area contributed by atoms with Crippen LogP contribution in [0.3, 0.4) is 0 Å². The maximum absolute atomic E-state index is 13.4. The molecule has 0 amide bonds. The topological polar surface area (TPSA) is 52.4 Å². The molecule has 7 heteroatoms. The zero-order chi connectivity index (χ0) is 21.6. The molecule has 2 aromatic carbocycles. The Labute approximate surface area is 176 Å². The molecule has 2 aromatic heterocycles. The maximum atomic E-state index is 13.4. The van der Waals surface area contributed by atoms with Crippen LogP contribution in [-0.4, -0.2) is 21.5 Å². The van der Waals surface area contributed by atoms with E-state index in [1.807, 2.05) is 24.3 Å². The number of furan rings is 1. The highest BCUT2D eigenvalue weighted by atomic mass is 19.4. The second-order valence-electron chi connectivity index (χ2n) is 7.84. The molecule has 1 aliphatic rings. The first kappa shape index (κ1) is 19.9. The second kappa shape index (κ2) is 7.59. The van der Waals surface area contributed by atoms with Crippen molar-refractivity contribution in [1.29, 1.82) is 0 Å². The predicted octanol–water partition coefficient (Wildman–Crippen LogP) is 5.42. The molecule has 31 heavy (non-hydrogen) atoms. The lowest BCUT2D eigenvalue weighted by molar-refractivity contribution is -0.137. The normalized spacial score (nSPS) is 17.2. The van der Waals surface area contributed by atoms with Crippen LogP contribution in [0, 0.1) is 0 Å². The molecule has 0 saturated heterocycles. The van der Waals surface area contributed by atoms with Gasteiger partial charge in [0.25, 0.3) is 0 Å². The van der Waals surface area contributed by atoms with Crippen LogP contribution in [0.4, 0.5) is 13.2 Å². The van der Waals surface area contributed by atoms with Crippen molar-refractivity contribution in [2.24, 2.45) is 0 Å². The lowest BCUT2D eigenvalue weighted by Gasteiger charge is -2.36. The molecule has 0 spiro atoms. The van der Waals surface area contributed by atoms with Crippen LogP contribution in [0.25, 0.3) is 10.9 Å². The number of rotatable bonds is 4. The summed E-state index contributed by atoms with van der Waals surface area (Å²) in [5, 5.41) is 10.4. The molecule has 1 aliphatic heterocycles. The Morgan fingerprint density at radius 3 is 2.61 bits per heavy atom. The van der Waals surface area contributed by atoms with Gasteiger partial charge in [-0.1, -0.05) is 30.3 Å². The van der Waals surface area contributed by atoms with Gasteiger partial charge in [0.1, 0.15) is 18.1 Å². The fraction of sp³-hybridized carbons (Fsp3) is 0.250. The van der Waals surface area contributed by atoms with E-state index in [0.29, 0.717) is 30.2 Å². The number of halogens is 3. The predicted molar refractivity (Wildman–Crippen MR) is 110 cm³/mol. The van der Waals surface area contributed by atoms with Gasteiger partial charge in [0, 0.05) is 23.1 Å². The number of fused-ring (bicyclic) bond motifs is 3. The fourth-order valence-electron chi connectivity index (χ4n) is 4.52. The van der Waals surface area contributed by atoms with E-state index < -0.39 is 11.7 Å². The summed E-state index contributed by atoms with van der Waals surface area (Å²) in [6.07, 6.45) is -3.63. The van der Waals surface area contributed by atoms with E-state index in [1.165, 1.54) is 12.1 Å². The van der Waals surface area contributed by atoms with Gasteiger partial charge in [0.05, 0.1) is 18.2 Å². The SMILES string of the molecule is OCc1ccc(CN2CCc3c([nH]c4ccccc34)[C@@H]2c2cccc(C(F)(F)F)c2)o1. The molecule has 0 unspecified atom stereocenters. The molecule has 1 atom stereocenters. The summed E-state index contributed by atoms with van der Waals surface area (Å²) >= 11 is 0. The molecule has 4 aromatic rings. The number of benzene rings is 2. The molecular formula is C24H21F3N2O2. The fourth-order valence-corrected chi connectivity index (χ4v) is 4.52. The quantitative estimate of drug-likeness (QED) is 0.458. The molecule has 3 heterocycles. The third-order valence-electron chi connectivity index (χ3n) is 5.90. The first-order valence-electron chi connectivity index (χ1n) is 10.1. The number of nitrogens with zero attached hydrogens (tertiary/aromatic N) is 1. The lowest BCUT2D eigenvalue weighted by Crippen LogP contribution is -2.35. The number of alkyl halides is 3. The third kappa shape index (κ3) is 3.64. The number of H-pyrrole nitrogens is 1. The summed E-state index contributed by atoms with van der Waals surface area (Å²) in [7, 11) is 0. The molecule has 4 nitrogen and oxygen atoms in total. The highest BCUT2D eigenvalue weighted by molar-refractivity contribution is 5.85. The van der Waals surface area contributed by atoms with Crippen LogP contribution in [0.1, 0.15) is 39.9 Å².